The summed E-state index contributed by atoms with van der Waals surface area (Å²) in [7, 11) is 0. The van der Waals surface area contributed by atoms with Crippen molar-refractivity contribution in [2.75, 3.05) is 5.32 Å². The van der Waals surface area contributed by atoms with Gasteiger partial charge in [0.2, 0.25) is 0 Å². The van der Waals surface area contributed by atoms with Crippen LogP contribution in [0.1, 0.15) is 39.7 Å². The number of fused-ring (bicyclic) bond motifs is 1. The Morgan fingerprint density at radius 1 is 1.07 bits per heavy atom. The average molecular weight is 362 g/mol. The Balaban J connectivity index is 2.13. The molecule has 2 N–H and O–H groups in total. The van der Waals surface area contributed by atoms with Crippen LogP contribution in [0.2, 0.25) is 0 Å². The lowest BCUT2D eigenvalue weighted by molar-refractivity contribution is 0.0550. The molecule has 0 unspecified atom stereocenters. The Morgan fingerprint density at radius 3 is 2.48 bits per heavy atom. The maximum absolute atomic E-state index is 10.2. The van der Waals surface area contributed by atoms with Crippen molar-refractivity contribution in [2.45, 2.75) is 45.3 Å². The van der Waals surface area contributed by atoms with Gasteiger partial charge < -0.3 is 10.4 Å². The topological polar surface area (TPSA) is 108 Å². The monoisotopic (exact) mass is 362 g/mol. The maximum atomic E-state index is 10.2. The van der Waals surface area contributed by atoms with E-state index in [1.54, 1.807) is 38.5 Å². The average Bonchev–Trinajstić information content (AvgIpc) is 2.59. The fourth-order valence-electron chi connectivity index (χ4n) is 3.32. The molecule has 0 atom stereocenters. The van der Waals surface area contributed by atoms with Gasteiger partial charge in [-0.15, -0.1) is 0 Å². The van der Waals surface area contributed by atoms with Crippen molar-refractivity contribution < 1.29 is 5.11 Å². The van der Waals surface area contributed by atoms with Crippen molar-refractivity contribution in [3.8, 4) is 17.5 Å². The summed E-state index contributed by atoms with van der Waals surface area (Å²) < 4.78 is 0. The number of pyridine rings is 2. The summed E-state index contributed by atoms with van der Waals surface area (Å²) in [4.78, 5) is 17.4. The van der Waals surface area contributed by atoms with E-state index in [0.29, 0.717) is 34.7 Å². The Hall–Kier alpha value is -3.11. The molecule has 0 aliphatic heterocycles. The molecule has 138 valence electrons. The molecule has 0 bridgehead atoms. The zero-order valence-corrected chi connectivity index (χ0v) is 15.9. The first-order valence-electron chi connectivity index (χ1n) is 8.65. The second-order valence-corrected chi connectivity index (χ2v) is 7.82. The first-order valence-corrected chi connectivity index (χ1v) is 8.65. The van der Waals surface area contributed by atoms with Gasteiger partial charge in [0.1, 0.15) is 11.9 Å². The van der Waals surface area contributed by atoms with E-state index in [-0.39, 0.29) is 0 Å². The van der Waals surface area contributed by atoms with E-state index in [1.165, 1.54) is 6.20 Å². The van der Waals surface area contributed by atoms with Crippen molar-refractivity contribution >= 4 is 16.7 Å². The van der Waals surface area contributed by atoms with E-state index in [4.69, 9.17) is 0 Å². The van der Waals surface area contributed by atoms with Crippen LogP contribution in [0.25, 0.3) is 22.3 Å². The standard InChI is InChI=1S/C20H22N6O/c1-19(2,12-20(3,4)27)26-18-15-6-8-23-11-16(15)24-17(25-18)14-5-7-22-10-13(14)9-21/h5-8,10-11,27H,12H2,1-4H3,(H,24,25,26). The van der Waals surface area contributed by atoms with Crippen molar-refractivity contribution in [2.24, 2.45) is 0 Å². The van der Waals surface area contributed by atoms with Crippen molar-refractivity contribution in [3.05, 3.63) is 42.5 Å². The molecule has 0 aromatic carbocycles. The summed E-state index contributed by atoms with van der Waals surface area (Å²) in [6.07, 6.45) is 6.98. The number of rotatable bonds is 5. The van der Waals surface area contributed by atoms with E-state index in [9.17, 15) is 10.4 Å². The molecule has 0 spiro atoms. The minimum absolute atomic E-state index is 0.405. The Morgan fingerprint density at radius 2 is 1.78 bits per heavy atom. The van der Waals surface area contributed by atoms with Gasteiger partial charge in [-0.1, -0.05) is 0 Å². The molecule has 0 amide bonds. The number of nitrogens with one attached hydrogen (secondary N) is 1. The highest BCUT2D eigenvalue weighted by Gasteiger charge is 2.28. The van der Waals surface area contributed by atoms with Crippen LogP contribution >= 0.6 is 0 Å². The highest BCUT2D eigenvalue weighted by Crippen LogP contribution is 2.30. The third kappa shape index (κ3) is 4.36. The molecule has 3 heterocycles. The molecule has 0 fully saturated rings. The summed E-state index contributed by atoms with van der Waals surface area (Å²) in [5.74, 6) is 1.06. The molecule has 27 heavy (non-hydrogen) atoms. The van der Waals surface area contributed by atoms with E-state index >= 15 is 0 Å². The Bertz CT molecular complexity index is 1020. The molecule has 3 aromatic heterocycles. The van der Waals surface area contributed by atoms with Crippen molar-refractivity contribution in [1.82, 2.24) is 19.9 Å². The predicted octanol–water partition coefficient (Wildman–Crippen LogP) is 3.31. The van der Waals surface area contributed by atoms with E-state index in [2.05, 4.69) is 31.3 Å². The summed E-state index contributed by atoms with van der Waals surface area (Å²) >= 11 is 0. The molecule has 7 heteroatoms. The van der Waals surface area contributed by atoms with Crippen molar-refractivity contribution in [3.63, 3.8) is 0 Å². The number of aliphatic hydroxyl groups is 1. The summed E-state index contributed by atoms with van der Waals surface area (Å²) in [5, 5.41) is 23.8. The van der Waals surface area contributed by atoms with Crippen LogP contribution in [0, 0.1) is 11.3 Å². The van der Waals surface area contributed by atoms with E-state index in [0.717, 1.165) is 5.39 Å². The Labute approximate surface area is 158 Å². The van der Waals surface area contributed by atoms with E-state index in [1.807, 2.05) is 19.9 Å². The molecular formula is C20H22N6O. The van der Waals surface area contributed by atoms with Crippen molar-refractivity contribution in [1.29, 1.82) is 5.26 Å². The third-order valence-electron chi connectivity index (χ3n) is 4.01. The van der Waals surface area contributed by atoms with Gasteiger partial charge in [0.15, 0.2) is 5.82 Å². The molecule has 0 aliphatic carbocycles. The van der Waals surface area contributed by atoms with Gasteiger partial charge in [-0.05, 0) is 46.2 Å². The van der Waals surface area contributed by atoms with Crippen LogP contribution in [-0.4, -0.2) is 36.2 Å². The minimum atomic E-state index is -0.831. The highest BCUT2D eigenvalue weighted by molar-refractivity contribution is 5.90. The third-order valence-corrected chi connectivity index (χ3v) is 4.01. The molecule has 0 saturated heterocycles. The first-order chi connectivity index (χ1) is 12.7. The zero-order chi connectivity index (χ0) is 19.7. The van der Waals surface area contributed by atoms with Crippen LogP contribution in [0.4, 0.5) is 5.82 Å². The SMILES string of the molecule is CC(C)(O)CC(C)(C)Nc1nc(-c2ccncc2C#N)nc2cnccc12. The summed E-state index contributed by atoms with van der Waals surface area (Å²) in [6, 6.07) is 5.70. The normalized spacial score (nSPS) is 12.0. The van der Waals surface area contributed by atoms with Crippen LogP contribution in [0.5, 0.6) is 0 Å². The lowest BCUT2D eigenvalue weighted by Crippen LogP contribution is -2.39. The number of anilines is 1. The second-order valence-electron chi connectivity index (χ2n) is 7.82. The van der Waals surface area contributed by atoms with Crippen LogP contribution in [0.3, 0.4) is 0 Å². The first kappa shape index (κ1) is 18.7. The largest absolute Gasteiger partial charge is 0.390 e. The quantitative estimate of drug-likeness (QED) is 0.717. The fourth-order valence-corrected chi connectivity index (χ4v) is 3.32. The van der Waals surface area contributed by atoms with Crippen LogP contribution in [-0.2, 0) is 0 Å². The minimum Gasteiger partial charge on any atom is -0.390 e. The number of hydrogen-bond donors (Lipinski definition) is 2. The number of aromatic nitrogens is 4. The number of hydrogen-bond acceptors (Lipinski definition) is 7. The molecule has 0 radical (unpaired) electrons. The summed E-state index contributed by atoms with van der Waals surface area (Å²) in [5.41, 5.74) is 0.438. The summed E-state index contributed by atoms with van der Waals surface area (Å²) in [6.45, 7) is 7.57. The van der Waals surface area contributed by atoms with Crippen LogP contribution in [0.15, 0.2) is 36.9 Å². The van der Waals surface area contributed by atoms with Crippen LogP contribution < -0.4 is 5.32 Å². The molecule has 3 aromatic rings. The fraction of sp³-hybridized carbons (Fsp3) is 0.350. The van der Waals surface area contributed by atoms with Gasteiger partial charge in [0.05, 0.1) is 22.9 Å². The van der Waals surface area contributed by atoms with Gasteiger partial charge in [-0.3, -0.25) is 9.97 Å². The van der Waals surface area contributed by atoms with E-state index < -0.39 is 11.1 Å². The van der Waals surface area contributed by atoms with Gasteiger partial charge in [0.25, 0.3) is 0 Å². The van der Waals surface area contributed by atoms with Gasteiger partial charge in [-0.2, -0.15) is 5.26 Å². The molecule has 0 saturated carbocycles. The predicted molar refractivity (Wildman–Crippen MR) is 104 cm³/mol. The lowest BCUT2D eigenvalue weighted by atomic mass is 9.89. The zero-order valence-electron chi connectivity index (χ0n) is 15.9. The molecule has 0 aliphatic rings. The van der Waals surface area contributed by atoms with Gasteiger partial charge in [0, 0.05) is 35.1 Å². The number of nitrogens with zero attached hydrogens (tertiary/aromatic N) is 5. The smallest absolute Gasteiger partial charge is 0.163 e. The number of nitriles is 1. The molecule has 3 rings (SSSR count). The second kappa shape index (κ2) is 6.89. The molecular weight excluding hydrogens is 340 g/mol. The molecule has 7 nitrogen and oxygen atoms in total. The van der Waals surface area contributed by atoms with Gasteiger partial charge >= 0.3 is 0 Å². The lowest BCUT2D eigenvalue weighted by Gasteiger charge is -2.33. The Kier molecular flexibility index (Phi) is 4.77. The maximum Gasteiger partial charge on any atom is 0.163 e. The van der Waals surface area contributed by atoms with Gasteiger partial charge in [-0.25, -0.2) is 9.97 Å². The highest BCUT2D eigenvalue weighted by atomic mass is 16.3.